The van der Waals surface area contributed by atoms with Crippen LogP contribution < -0.4 is 10.5 Å². The predicted molar refractivity (Wildman–Crippen MR) is 81.9 cm³/mol. The van der Waals surface area contributed by atoms with Crippen molar-refractivity contribution in [3.63, 3.8) is 0 Å². The number of hydrogen-bond acceptors (Lipinski definition) is 4. The lowest BCUT2D eigenvalue weighted by atomic mass is 10.1. The Balaban J connectivity index is 2.64. The smallest absolute Gasteiger partial charge is 0.223 e. The molecular weight excluding hydrogens is 268 g/mol. The van der Waals surface area contributed by atoms with E-state index in [9.17, 15) is 9.59 Å². The molecule has 1 amide bonds. The Labute approximate surface area is 125 Å². The van der Waals surface area contributed by atoms with Crippen molar-refractivity contribution in [2.75, 3.05) is 13.7 Å². The molecule has 5 nitrogen and oxygen atoms in total. The number of methoxy groups -OCH3 is 1. The third-order valence-electron chi connectivity index (χ3n) is 3.10. The van der Waals surface area contributed by atoms with Gasteiger partial charge < -0.3 is 20.2 Å². The summed E-state index contributed by atoms with van der Waals surface area (Å²) in [5.74, 6) is 0.736. The Morgan fingerprint density at radius 3 is 2.62 bits per heavy atom. The maximum atomic E-state index is 12.2. The maximum absolute atomic E-state index is 12.2. The summed E-state index contributed by atoms with van der Waals surface area (Å²) in [4.78, 5) is 24.3. The maximum Gasteiger partial charge on any atom is 0.223 e. The van der Waals surface area contributed by atoms with E-state index < -0.39 is 6.04 Å². The summed E-state index contributed by atoms with van der Waals surface area (Å²) in [6.07, 6.45) is 2.96. The molecule has 1 atom stereocenters. The van der Waals surface area contributed by atoms with Gasteiger partial charge in [0, 0.05) is 19.5 Å². The first-order valence-electron chi connectivity index (χ1n) is 6.83. The molecule has 0 aromatic heterocycles. The van der Waals surface area contributed by atoms with Gasteiger partial charge in [0.05, 0.1) is 13.2 Å². The van der Waals surface area contributed by atoms with Crippen LogP contribution in [-0.2, 0) is 16.1 Å². The molecule has 0 saturated carbocycles. The van der Waals surface area contributed by atoms with Crippen molar-refractivity contribution in [1.82, 2.24) is 4.90 Å². The molecule has 114 valence electrons. The zero-order valence-corrected chi connectivity index (χ0v) is 12.3. The molecule has 2 N–H and O–H groups in total. The van der Waals surface area contributed by atoms with E-state index >= 15 is 0 Å². The first kappa shape index (κ1) is 16.9. The van der Waals surface area contributed by atoms with E-state index in [0.29, 0.717) is 25.8 Å². The molecule has 0 aliphatic carbocycles. The Bertz CT molecular complexity index is 471. The second-order valence-corrected chi connectivity index (χ2v) is 4.75. The van der Waals surface area contributed by atoms with Crippen molar-refractivity contribution in [3.8, 4) is 5.75 Å². The molecule has 0 spiro atoms. The van der Waals surface area contributed by atoms with Crippen molar-refractivity contribution in [2.24, 2.45) is 5.73 Å². The van der Waals surface area contributed by atoms with Crippen molar-refractivity contribution >= 4 is 12.2 Å². The van der Waals surface area contributed by atoms with Gasteiger partial charge in [-0.1, -0.05) is 18.2 Å². The summed E-state index contributed by atoms with van der Waals surface area (Å²) in [7, 11) is 1.61. The number of nitrogens with zero attached hydrogens (tertiary/aromatic N) is 1. The average molecular weight is 290 g/mol. The van der Waals surface area contributed by atoms with E-state index in [4.69, 9.17) is 10.5 Å². The molecule has 5 heteroatoms. The highest BCUT2D eigenvalue weighted by Gasteiger charge is 2.14. The van der Waals surface area contributed by atoms with E-state index in [2.05, 4.69) is 6.58 Å². The quantitative estimate of drug-likeness (QED) is 0.553. The number of aldehydes is 1. The highest BCUT2D eigenvalue weighted by Crippen LogP contribution is 2.14. The molecule has 0 heterocycles. The van der Waals surface area contributed by atoms with Gasteiger partial charge in [-0.15, -0.1) is 6.58 Å². The largest absolute Gasteiger partial charge is 0.497 e. The number of ether oxygens (including phenoxy) is 1. The van der Waals surface area contributed by atoms with Crippen molar-refractivity contribution in [2.45, 2.75) is 25.4 Å². The molecule has 1 rings (SSSR count). The van der Waals surface area contributed by atoms with E-state index in [1.807, 2.05) is 24.3 Å². The Hall–Kier alpha value is -2.14. The van der Waals surface area contributed by atoms with Crippen LogP contribution in [0.1, 0.15) is 18.4 Å². The molecule has 0 aliphatic rings. The van der Waals surface area contributed by atoms with Gasteiger partial charge in [-0.25, -0.2) is 0 Å². The average Bonchev–Trinajstić information content (AvgIpc) is 2.52. The highest BCUT2D eigenvalue weighted by atomic mass is 16.5. The fourth-order valence-corrected chi connectivity index (χ4v) is 1.88. The van der Waals surface area contributed by atoms with Gasteiger partial charge in [0.1, 0.15) is 12.0 Å². The van der Waals surface area contributed by atoms with Crippen LogP contribution in [-0.4, -0.2) is 36.8 Å². The lowest BCUT2D eigenvalue weighted by Gasteiger charge is -2.21. The van der Waals surface area contributed by atoms with E-state index in [-0.39, 0.29) is 12.3 Å². The minimum atomic E-state index is -0.583. The molecule has 1 aromatic rings. The molecule has 0 aliphatic heterocycles. The number of nitrogens with two attached hydrogens (primary N) is 1. The van der Waals surface area contributed by atoms with Crippen LogP contribution in [0, 0.1) is 0 Å². The van der Waals surface area contributed by atoms with Crippen LogP contribution in [0.2, 0.25) is 0 Å². The monoisotopic (exact) mass is 290 g/mol. The van der Waals surface area contributed by atoms with Gasteiger partial charge in [-0.2, -0.15) is 0 Å². The highest BCUT2D eigenvalue weighted by molar-refractivity contribution is 5.77. The first-order valence-corrected chi connectivity index (χ1v) is 6.83. The summed E-state index contributed by atoms with van der Waals surface area (Å²) >= 11 is 0. The van der Waals surface area contributed by atoms with Crippen LogP contribution in [0.4, 0.5) is 0 Å². The van der Waals surface area contributed by atoms with Gasteiger partial charge in [0.2, 0.25) is 5.91 Å². The van der Waals surface area contributed by atoms with Crippen molar-refractivity contribution in [3.05, 3.63) is 42.5 Å². The van der Waals surface area contributed by atoms with Gasteiger partial charge in [0.15, 0.2) is 0 Å². The zero-order valence-electron chi connectivity index (χ0n) is 12.3. The lowest BCUT2D eigenvalue weighted by molar-refractivity contribution is -0.131. The standard InChI is InChI=1S/C16H22N2O3/c1-3-10-18(16(20)9-6-14(17)12-19)11-13-4-7-15(21-2)8-5-13/h3-5,7-8,12,14H,1,6,9-11,17H2,2H3. The van der Waals surface area contributed by atoms with Gasteiger partial charge in [-0.3, -0.25) is 4.79 Å². The molecule has 0 bridgehead atoms. The van der Waals surface area contributed by atoms with Crippen LogP contribution >= 0.6 is 0 Å². The van der Waals surface area contributed by atoms with Crippen LogP contribution in [0.5, 0.6) is 5.75 Å². The summed E-state index contributed by atoms with van der Waals surface area (Å²) in [6, 6.07) is 6.96. The second kappa shape index (κ2) is 8.92. The molecular formula is C16H22N2O3. The SMILES string of the molecule is C=CCN(Cc1ccc(OC)cc1)C(=O)CCC(N)C=O. The third kappa shape index (κ3) is 5.79. The van der Waals surface area contributed by atoms with E-state index in [1.165, 1.54) is 0 Å². The zero-order chi connectivity index (χ0) is 15.7. The number of amides is 1. The molecule has 21 heavy (non-hydrogen) atoms. The summed E-state index contributed by atoms with van der Waals surface area (Å²) in [5, 5.41) is 0. The van der Waals surface area contributed by atoms with Crippen LogP contribution in [0.15, 0.2) is 36.9 Å². The lowest BCUT2D eigenvalue weighted by Crippen LogP contribution is -2.32. The van der Waals surface area contributed by atoms with Gasteiger partial charge >= 0.3 is 0 Å². The fraction of sp³-hybridized carbons (Fsp3) is 0.375. The second-order valence-electron chi connectivity index (χ2n) is 4.75. The topological polar surface area (TPSA) is 72.6 Å². The van der Waals surface area contributed by atoms with Crippen LogP contribution in [0.3, 0.4) is 0 Å². The van der Waals surface area contributed by atoms with Crippen molar-refractivity contribution < 1.29 is 14.3 Å². The Morgan fingerprint density at radius 2 is 2.10 bits per heavy atom. The molecule has 1 aromatic carbocycles. The Kier molecular flexibility index (Phi) is 7.18. The number of carbonyl (C=O) groups is 2. The van der Waals surface area contributed by atoms with E-state index in [1.54, 1.807) is 18.1 Å². The minimum Gasteiger partial charge on any atom is -0.497 e. The predicted octanol–water partition coefficient (Wildman–Crippen LogP) is 1.52. The normalized spacial score (nSPS) is 11.5. The minimum absolute atomic E-state index is 0.0389. The van der Waals surface area contributed by atoms with Gasteiger partial charge in [0.25, 0.3) is 0 Å². The summed E-state index contributed by atoms with van der Waals surface area (Å²) < 4.78 is 5.10. The summed E-state index contributed by atoms with van der Waals surface area (Å²) in [6.45, 7) is 4.62. The summed E-state index contributed by atoms with van der Waals surface area (Å²) in [5.41, 5.74) is 6.51. The molecule has 0 saturated heterocycles. The number of hydrogen-bond donors (Lipinski definition) is 1. The van der Waals surface area contributed by atoms with Crippen molar-refractivity contribution in [1.29, 1.82) is 0 Å². The number of rotatable bonds is 9. The number of carbonyl (C=O) groups excluding carboxylic acids is 2. The third-order valence-corrected chi connectivity index (χ3v) is 3.10. The molecule has 0 fully saturated rings. The fourth-order valence-electron chi connectivity index (χ4n) is 1.88. The number of benzene rings is 1. The van der Waals surface area contributed by atoms with Crippen LogP contribution in [0.25, 0.3) is 0 Å². The van der Waals surface area contributed by atoms with E-state index in [0.717, 1.165) is 11.3 Å². The first-order chi connectivity index (χ1) is 10.1. The Morgan fingerprint density at radius 1 is 1.43 bits per heavy atom. The van der Waals surface area contributed by atoms with Gasteiger partial charge in [-0.05, 0) is 24.1 Å². The molecule has 0 radical (unpaired) electrons. The molecule has 1 unspecified atom stereocenters.